The number of carboxylic acid groups (broad SMARTS) is 1. The fourth-order valence-corrected chi connectivity index (χ4v) is 0.880. The molecule has 0 atom stereocenters. The SMILES string of the molecule is CCCCCCCC(=O)O.[O]=[Cr](=[O])([Cl])[Cl]. The van der Waals surface area contributed by atoms with Crippen molar-refractivity contribution in [3.05, 3.63) is 0 Å². The fourth-order valence-electron chi connectivity index (χ4n) is 0.880. The quantitative estimate of drug-likeness (QED) is 0.761. The summed E-state index contributed by atoms with van der Waals surface area (Å²) < 4.78 is 18.5. The second kappa shape index (κ2) is 10.7. The molecule has 15 heavy (non-hydrogen) atoms. The van der Waals surface area contributed by atoms with Crippen molar-refractivity contribution >= 4 is 26.1 Å². The summed E-state index contributed by atoms with van der Waals surface area (Å²) in [6, 6.07) is 0. The molecule has 0 fully saturated rings. The Labute approximate surface area is 100 Å². The molecule has 0 aliphatic heterocycles. The molecular weight excluding hydrogens is 283 g/mol. The van der Waals surface area contributed by atoms with Gasteiger partial charge in [0.05, 0.1) is 0 Å². The van der Waals surface area contributed by atoms with E-state index >= 15 is 0 Å². The summed E-state index contributed by atoms with van der Waals surface area (Å²) >= 11 is -4.31. The Morgan fingerprint density at radius 3 is 1.87 bits per heavy atom. The van der Waals surface area contributed by atoms with E-state index in [0.29, 0.717) is 6.42 Å². The van der Waals surface area contributed by atoms with E-state index in [2.05, 4.69) is 27.0 Å². The molecule has 0 aliphatic rings. The van der Waals surface area contributed by atoms with Crippen LogP contribution in [0.15, 0.2) is 0 Å². The number of hydrogen-bond acceptors (Lipinski definition) is 3. The van der Waals surface area contributed by atoms with Crippen molar-refractivity contribution in [3.8, 4) is 0 Å². The van der Waals surface area contributed by atoms with Gasteiger partial charge in [-0.2, -0.15) is 0 Å². The summed E-state index contributed by atoms with van der Waals surface area (Å²) in [4.78, 5) is 10.0. The Kier molecular flexibility index (Phi) is 12.5. The average molecular weight is 299 g/mol. The van der Waals surface area contributed by atoms with Gasteiger partial charge in [0.25, 0.3) is 0 Å². The third-order valence-electron chi connectivity index (χ3n) is 1.49. The van der Waals surface area contributed by atoms with Gasteiger partial charge in [0.1, 0.15) is 0 Å². The zero-order chi connectivity index (χ0) is 12.3. The average Bonchev–Trinajstić information content (AvgIpc) is 2.00. The Morgan fingerprint density at radius 2 is 1.53 bits per heavy atom. The van der Waals surface area contributed by atoms with E-state index in [1.54, 1.807) is 0 Å². The molecule has 7 heteroatoms. The first-order chi connectivity index (χ1) is 6.77. The van der Waals surface area contributed by atoms with Crippen molar-refractivity contribution in [2.45, 2.75) is 45.4 Å². The van der Waals surface area contributed by atoms with Gasteiger partial charge in [-0.15, -0.1) is 0 Å². The number of carboxylic acids is 1. The molecule has 1 N–H and O–H groups in total. The van der Waals surface area contributed by atoms with E-state index in [0.717, 1.165) is 12.8 Å². The molecule has 0 aromatic rings. The first-order valence-corrected chi connectivity index (χ1v) is 9.18. The van der Waals surface area contributed by atoms with E-state index in [-0.39, 0.29) is 0 Å². The summed E-state index contributed by atoms with van der Waals surface area (Å²) in [6.07, 6.45) is 5.88. The molecule has 0 heterocycles. The predicted molar refractivity (Wildman–Crippen MR) is 54.1 cm³/mol. The number of aliphatic carboxylic acids is 1. The van der Waals surface area contributed by atoms with E-state index in [1.165, 1.54) is 19.3 Å². The van der Waals surface area contributed by atoms with Gasteiger partial charge in [0, 0.05) is 6.42 Å². The second-order valence-corrected chi connectivity index (χ2v) is 8.12. The van der Waals surface area contributed by atoms with Crippen LogP contribution in [0.25, 0.3) is 0 Å². The summed E-state index contributed by atoms with van der Waals surface area (Å²) in [5, 5.41) is 8.27. The van der Waals surface area contributed by atoms with Crippen molar-refractivity contribution in [2.75, 3.05) is 0 Å². The third-order valence-corrected chi connectivity index (χ3v) is 1.49. The molecular formula is C8H16Cl2CrO4. The van der Waals surface area contributed by atoms with Gasteiger partial charge in [0.15, 0.2) is 0 Å². The summed E-state index contributed by atoms with van der Waals surface area (Å²) in [5.41, 5.74) is 0. The van der Waals surface area contributed by atoms with Crippen LogP contribution < -0.4 is 0 Å². The number of carbonyl (C=O) groups is 1. The molecule has 0 unspecified atom stereocenters. The monoisotopic (exact) mass is 298 g/mol. The van der Waals surface area contributed by atoms with Crippen molar-refractivity contribution in [2.24, 2.45) is 0 Å². The first kappa shape index (κ1) is 17.6. The molecule has 0 radical (unpaired) electrons. The zero-order valence-corrected chi connectivity index (χ0v) is 11.4. The van der Waals surface area contributed by atoms with Crippen LogP contribution in [0.5, 0.6) is 0 Å². The first-order valence-electron chi connectivity index (χ1n) is 4.63. The molecule has 0 amide bonds. The Hall–Kier alpha value is 0.182. The zero-order valence-electron chi connectivity index (χ0n) is 8.58. The van der Waals surface area contributed by atoms with Crippen LogP contribution in [0.4, 0.5) is 0 Å². The standard InChI is InChI=1S/C8H16O2.2ClH.Cr.2O/c1-2-3-4-5-6-7-8(9)10;;;;;/h2-7H2,1H3,(H,9,10);2*1H;;;/q;;;+2;;/p-2. The number of halogens is 2. The van der Waals surface area contributed by atoms with Crippen LogP contribution >= 0.6 is 20.1 Å². The van der Waals surface area contributed by atoms with Gasteiger partial charge in [0.2, 0.25) is 0 Å². The van der Waals surface area contributed by atoms with Gasteiger partial charge in [-0.05, 0) is 6.42 Å². The Morgan fingerprint density at radius 1 is 1.13 bits per heavy atom. The van der Waals surface area contributed by atoms with E-state index < -0.39 is 17.1 Å². The Bertz CT molecular complexity index is 243. The second-order valence-electron chi connectivity index (χ2n) is 2.94. The molecule has 0 aromatic carbocycles. The molecule has 0 saturated heterocycles. The molecule has 0 rings (SSSR count). The summed E-state index contributed by atoms with van der Waals surface area (Å²) in [5.74, 6) is -0.670. The third kappa shape index (κ3) is 40.8. The molecule has 4 nitrogen and oxygen atoms in total. The topological polar surface area (TPSA) is 71.4 Å². The van der Waals surface area contributed by atoms with Crippen molar-refractivity contribution in [1.29, 1.82) is 0 Å². The van der Waals surface area contributed by atoms with Gasteiger partial charge in [-0.3, -0.25) is 4.79 Å². The van der Waals surface area contributed by atoms with E-state index in [1.807, 2.05) is 0 Å². The van der Waals surface area contributed by atoms with Crippen molar-refractivity contribution < 1.29 is 28.6 Å². The number of rotatable bonds is 6. The van der Waals surface area contributed by atoms with Gasteiger partial charge >= 0.3 is 44.8 Å². The summed E-state index contributed by atoms with van der Waals surface area (Å²) in [6.45, 7) is 2.15. The van der Waals surface area contributed by atoms with Crippen LogP contribution in [-0.2, 0) is 23.5 Å². The van der Waals surface area contributed by atoms with Crippen molar-refractivity contribution in [1.82, 2.24) is 0 Å². The van der Waals surface area contributed by atoms with Crippen molar-refractivity contribution in [3.63, 3.8) is 0 Å². The fraction of sp³-hybridized carbons (Fsp3) is 0.875. The maximum atomic E-state index is 10.0. The minimum atomic E-state index is -4.31. The van der Waals surface area contributed by atoms with Gasteiger partial charge in [-0.25, -0.2) is 0 Å². The molecule has 92 valence electrons. The number of unbranched alkanes of at least 4 members (excludes halogenated alkanes) is 4. The van der Waals surface area contributed by atoms with E-state index in [4.69, 9.17) is 5.11 Å². The molecule has 0 saturated carbocycles. The maximum absolute atomic E-state index is 10.0. The summed E-state index contributed by atoms with van der Waals surface area (Å²) in [7, 11) is 8.68. The van der Waals surface area contributed by atoms with E-state index in [9.17, 15) is 12.4 Å². The molecule has 0 bridgehead atoms. The van der Waals surface area contributed by atoms with Crippen LogP contribution in [0, 0.1) is 0 Å². The van der Waals surface area contributed by atoms with Gasteiger partial charge in [-0.1, -0.05) is 32.6 Å². The molecule has 0 aromatic heterocycles. The number of hydrogen-bond donors (Lipinski definition) is 1. The van der Waals surface area contributed by atoms with Crippen LogP contribution in [0.1, 0.15) is 45.4 Å². The van der Waals surface area contributed by atoms with Crippen LogP contribution in [0.2, 0.25) is 0 Å². The molecule has 0 aliphatic carbocycles. The molecule has 0 spiro atoms. The Balaban J connectivity index is 0. The van der Waals surface area contributed by atoms with Crippen LogP contribution in [0.3, 0.4) is 0 Å². The minimum absolute atomic E-state index is 0.337. The normalized spacial score (nSPS) is 10.3. The van der Waals surface area contributed by atoms with Crippen LogP contribution in [-0.4, -0.2) is 11.1 Å². The predicted octanol–water partition coefficient (Wildman–Crippen LogP) is 3.57. The van der Waals surface area contributed by atoms with Gasteiger partial charge < -0.3 is 5.11 Å².